The Hall–Kier alpha value is -2.60. The minimum atomic E-state index is -0.0700. The fourth-order valence-corrected chi connectivity index (χ4v) is 2.91. The number of benzene rings is 1. The van der Waals surface area contributed by atoms with E-state index < -0.39 is 0 Å². The average Bonchev–Trinajstić information content (AvgIpc) is 2.67. The predicted octanol–water partition coefficient (Wildman–Crippen LogP) is 2.26. The van der Waals surface area contributed by atoms with Gasteiger partial charge in [0.25, 0.3) is 5.91 Å². The van der Waals surface area contributed by atoms with Crippen LogP contribution in [0.15, 0.2) is 42.7 Å². The third kappa shape index (κ3) is 4.28. The van der Waals surface area contributed by atoms with Gasteiger partial charge in [0.1, 0.15) is 0 Å². The van der Waals surface area contributed by atoms with E-state index in [4.69, 9.17) is 11.6 Å². The molecule has 0 spiro atoms. The maximum atomic E-state index is 12.6. The molecule has 1 aliphatic heterocycles. The van der Waals surface area contributed by atoms with Crippen LogP contribution in [0.25, 0.3) is 0 Å². The Bertz CT molecular complexity index is 760. The summed E-state index contributed by atoms with van der Waals surface area (Å²) in [5.41, 5.74) is 2.27. The van der Waals surface area contributed by atoms with Gasteiger partial charge in [0, 0.05) is 50.1 Å². The summed E-state index contributed by atoms with van der Waals surface area (Å²) in [6.45, 7) is 2.75. The van der Waals surface area contributed by atoms with Crippen molar-refractivity contribution >= 4 is 29.6 Å². The van der Waals surface area contributed by atoms with E-state index in [2.05, 4.69) is 10.3 Å². The fraction of sp³-hybridized carbons (Fsp3) is 0.278. The first-order valence-corrected chi connectivity index (χ1v) is 8.46. The molecular weight excluding hydrogens is 340 g/mol. The Balaban J connectivity index is 1.64. The van der Waals surface area contributed by atoms with Crippen molar-refractivity contribution in [3.8, 4) is 0 Å². The number of hydrogen-bond donors (Lipinski definition) is 1. The molecule has 0 unspecified atom stereocenters. The van der Waals surface area contributed by atoms with Crippen LogP contribution >= 0.6 is 11.6 Å². The second-order valence-corrected chi connectivity index (χ2v) is 6.25. The van der Waals surface area contributed by atoms with Gasteiger partial charge in [-0.1, -0.05) is 29.8 Å². The number of carbonyl (C=O) groups excluding carboxylic acids is 2. The highest BCUT2D eigenvalue weighted by atomic mass is 35.5. The van der Waals surface area contributed by atoms with E-state index in [1.807, 2.05) is 24.3 Å². The third-order valence-electron chi connectivity index (χ3n) is 4.18. The van der Waals surface area contributed by atoms with Gasteiger partial charge in [-0.15, -0.1) is 0 Å². The lowest BCUT2D eigenvalue weighted by Gasteiger charge is -2.32. The van der Waals surface area contributed by atoms with E-state index in [9.17, 15) is 9.59 Å². The Morgan fingerprint density at radius 2 is 1.96 bits per heavy atom. The van der Waals surface area contributed by atoms with Crippen LogP contribution in [-0.4, -0.2) is 53.3 Å². The molecular formula is C18H19ClN4O2. The molecule has 25 heavy (non-hydrogen) atoms. The number of pyridine rings is 1. The van der Waals surface area contributed by atoms with E-state index in [0.29, 0.717) is 43.3 Å². The third-order valence-corrected chi connectivity index (χ3v) is 4.55. The first-order chi connectivity index (χ1) is 12.2. The first kappa shape index (κ1) is 17.2. The van der Waals surface area contributed by atoms with Gasteiger partial charge in [-0.2, -0.15) is 0 Å². The van der Waals surface area contributed by atoms with Crippen LogP contribution in [-0.2, 0) is 11.3 Å². The summed E-state index contributed by atoms with van der Waals surface area (Å²) in [6, 6.07) is 9.40. The van der Waals surface area contributed by atoms with Crippen molar-refractivity contribution in [2.24, 2.45) is 0 Å². The number of aromatic nitrogens is 1. The number of carbonyl (C=O) groups is 2. The highest BCUT2D eigenvalue weighted by molar-refractivity contribution is 6.31. The topological polar surface area (TPSA) is 65.5 Å². The van der Waals surface area contributed by atoms with Gasteiger partial charge in [-0.3, -0.25) is 14.6 Å². The van der Waals surface area contributed by atoms with Crippen molar-refractivity contribution < 1.29 is 9.59 Å². The van der Waals surface area contributed by atoms with Crippen molar-refractivity contribution in [3.63, 3.8) is 0 Å². The Morgan fingerprint density at radius 3 is 2.68 bits per heavy atom. The second-order valence-electron chi connectivity index (χ2n) is 5.84. The van der Waals surface area contributed by atoms with E-state index in [-0.39, 0.29) is 5.91 Å². The van der Waals surface area contributed by atoms with Crippen LogP contribution in [0.4, 0.5) is 5.69 Å². The highest BCUT2D eigenvalue weighted by Crippen LogP contribution is 2.18. The summed E-state index contributed by atoms with van der Waals surface area (Å²) in [7, 11) is 0. The number of amides is 2. The fourth-order valence-electron chi connectivity index (χ4n) is 2.71. The van der Waals surface area contributed by atoms with Gasteiger partial charge in [0.15, 0.2) is 0 Å². The molecule has 0 radical (unpaired) electrons. The SMILES string of the molecule is O=CN1CCN(C(=O)c2cncc(NCc3ccccc3Cl)c2)CC1. The Labute approximate surface area is 151 Å². The second kappa shape index (κ2) is 7.98. The van der Waals surface area contributed by atoms with Crippen LogP contribution in [0.2, 0.25) is 5.02 Å². The van der Waals surface area contributed by atoms with Crippen LogP contribution < -0.4 is 5.32 Å². The molecule has 6 nitrogen and oxygen atoms in total. The van der Waals surface area contributed by atoms with Crippen molar-refractivity contribution in [2.75, 3.05) is 31.5 Å². The molecule has 3 rings (SSSR count). The van der Waals surface area contributed by atoms with Gasteiger partial charge < -0.3 is 15.1 Å². The van der Waals surface area contributed by atoms with Gasteiger partial charge in [-0.25, -0.2) is 0 Å². The van der Waals surface area contributed by atoms with Crippen LogP contribution in [0, 0.1) is 0 Å². The molecule has 7 heteroatoms. The lowest BCUT2D eigenvalue weighted by Crippen LogP contribution is -2.48. The molecule has 130 valence electrons. The molecule has 2 amide bonds. The number of piperazine rings is 1. The molecule has 2 aromatic rings. The van der Waals surface area contributed by atoms with E-state index in [1.54, 1.807) is 28.3 Å². The molecule has 2 heterocycles. The molecule has 1 saturated heterocycles. The first-order valence-electron chi connectivity index (χ1n) is 8.08. The minimum Gasteiger partial charge on any atom is -0.380 e. The lowest BCUT2D eigenvalue weighted by molar-refractivity contribution is -0.119. The number of rotatable bonds is 5. The molecule has 0 saturated carbocycles. The van der Waals surface area contributed by atoms with Gasteiger partial charge in [-0.05, 0) is 17.7 Å². The molecule has 1 aliphatic rings. The molecule has 1 aromatic heterocycles. The summed E-state index contributed by atoms with van der Waals surface area (Å²) in [5.74, 6) is -0.0700. The molecule has 1 N–H and O–H groups in total. The van der Waals surface area contributed by atoms with Crippen LogP contribution in [0.3, 0.4) is 0 Å². The van der Waals surface area contributed by atoms with Gasteiger partial charge in [0.2, 0.25) is 6.41 Å². The molecule has 0 bridgehead atoms. The van der Waals surface area contributed by atoms with Crippen molar-refractivity contribution in [1.82, 2.24) is 14.8 Å². The van der Waals surface area contributed by atoms with Crippen LogP contribution in [0.1, 0.15) is 15.9 Å². The summed E-state index contributed by atoms with van der Waals surface area (Å²) in [4.78, 5) is 30.9. The summed E-state index contributed by atoms with van der Waals surface area (Å²) in [6.07, 6.45) is 4.07. The van der Waals surface area contributed by atoms with Crippen LogP contribution in [0.5, 0.6) is 0 Å². The smallest absolute Gasteiger partial charge is 0.255 e. The normalized spacial score (nSPS) is 14.3. The largest absolute Gasteiger partial charge is 0.380 e. The maximum absolute atomic E-state index is 12.6. The van der Waals surface area contributed by atoms with Crippen molar-refractivity contribution in [2.45, 2.75) is 6.54 Å². The number of halogens is 1. The quantitative estimate of drug-likeness (QED) is 0.833. The molecule has 1 fully saturated rings. The minimum absolute atomic E-state index is 0.0700. The predicted molar refractivity (Wildman–Crippen MR) is 96.6 cm³/mol. The Kier molecular flexibility index (Phi) is 5.50. The van der Waals surface area contributed by atoms with E-state index in [0.717, 1.165) is 17.7 Å². The lowest BCUT2D eigenvalue weighted by atomic mass is 10.2. The van der Waals surface area contributed by atoms with Gasteiger partial charge in [0.05, 0.1) is 11.3 Å². The molecule has 1 aromatic carbocycles. The number of hydrogen-bond acceptors (Lipinski definition) is 4. The zero-order valence-electron chi connectivity index (χ0n) is 13.7. The van der Waals surface area contributed by atoms with Crippen molar-refractivity contribution in [3.05, 3.63) is 58.9 Å². The molecule has 0 atom stereocenters. The number of nitrogens with one attached hydrogen (secondary N) is 1. The monoisotopic (exact) mass is 358 g/mol. The molecule has 0 aliphatic carbocycles. The standard InChI is InChI=1S/C18H19ClN4O2/c19-17-4-2-1-3-14(17)11-21-16-9-15(10-20-12-16)18(25)23-7-5-22(13-24)6-8-23/h1-4,9-10,12-13,21H,5-8,11H2. The zero-order chi connectivity index (χ0) is 17.6. The zero-order valence-corrected chi connectivity index (χ0v) is 14.4. The van der Waals surface area contributed by atoms with Crippen molar-refractivity contribution in [1.29, 1.82) is 0 Å². The maximum Gasteiger partial charge on any atom is 0.255 e. The summed E-state index contributed by atoms with van der Waals surface area (Å²) >= 11 is 6.15. The van der Waals surface area contributed by atoms with E-state index in [1.165, 1.54) is 0 Å². The summed E-state index contributed by atoms with van der Waals surface area (Å²) < 4.78 is 0. The van der Waals surface area contributed by atoms with E-state index >= 15 is 0 Å². The number of nitrogens with zero attached hydrogens (tertiary/aromatic N) is 3. The number of anilines is 1. The summed E-state index contributed by atoms with van der Waals surface area (Å²) in [5, 5.41) is 3.94. The van der Waals surface area contributed by atoms with Gasteiger partial charge >= 0.3 is 0 Å². The highest BCUT2D eigenvalue weighted by Gasteiger charge is 2.21. The average molecular weight is 359 g/mol. The Morgan fingerprint density at radius 1 is 1.20 bits per heavy atom.